The number of hydrogen-bond acceptors (Lipinski definition) is 6. The van der Waals surface area contributed by atoms with Gasteiger partial charge in [0.15, 0.2) is 11.8 Å². The highest BCUT2D eigenvalue weighted by atomic mass is 16.5. The van der Waals surface area contributed by atoms with Gasteiger partial charge in [-0.1, -0.05) is 5.16 Å². The molecule has 0 unspecified atom stereocenters. The predicted molar refractivity (Wildman–Crippen MR) is 93.2 cm³/mol. The molecule has 1 aromatic rings. The minimum Gasteiger partial charge on any atom is -0.379 e. The summed E-state index contributed by atoms with van der Waals surface area (Å²) in [6.45, 7) is 11.5. The van der Waals surface area contributed by atoms with Crippen molar-refractivity contribution in [2.24, 2.45) is 4.99 Å². The van der Waals surface area contributed by atoms with Crippen LogP contribution < -0.4 is 10.6 Å². The van der Waals surface area contributed by atoms with Gasteiger partial charge >= 0.3 is 0 Å². The van der Waals surface area contributed by atoms with Crippen LogP contribution in [0.1, 0.15) is 32.0 Å². The summed E-state index contributed by atoms with van der Waals surface area (Å²) in [5.41, 5.74) is 0.0582. The third-order valence-electron chi connectivity index (χ3n) is 4.21. The van der Waals surface area contributed by atoms with Gasteiger partial charge in [-0.2, -0.15) is 4.98 Å². The van der Waals surface area contributed by atoms with Crippen LogP contribution in [-0.4, -0.2) is 73.0 Å². The van der Waals surface area contributed by atoms with Crippen LogP contribution in [0.5, 0.6) is 0 Å². The van der Waals surface area contributed by atoms with Crippen LogP contribution in [0, 0.1) is 6.92 Å². The van der Waals surface area contributed by atoms with E-state index in [4.69, 9.17) is 9.26 Å². The van der Waals surface area contributed by atoms with Crippen LogP contribution in [0.3, 0.4) is 0 Å². The smallest absolute Gasteiger partial charge is 0.226 e. The lowest BCUT2D eigenvalue weighted by atomic mass is 10.0. The summed E-state index contributed by atoms with van der Waals surface area (Å²) in [5.74, 6) is 2.18. The zero-order valence-electron chi connectivity index (χ0n) is 15.3. The number of nitrogens with one attached hydrogen (secondary N) is 2. The summed E-state index contributed by atoms with van der Waals surface area (Å²) in [6, 6.07) is 0. The first-order chi connectivity index (χ1) is 11.5. The van der Waals surface area contributed by atoms with Crippen molar-refractivity contribution in [1.29, 1.82) is 0 Å². The van der Waals surface area contributed by atoms with Gasteiger partial charge in [-0.3, -0.25) is 9.89 Å². The Morgan fingerprint density at radius 2 is 2.04 bits per heavy atom. The van der Waals surface area contributed by atoms with E-state index in [9.17, 15) is 0 Å². The second-order valence-corrected chi connectivity index (χ2v) is 6.60. The molecule has 1 aliphatic rings. The maximum absolute atomic E-state index is 5.43. The molecule has 2 N–H and O–H groups in total. The fourth-order valence-corrected chi connectivity index (χ4v) is 2.69. The van der Waals surface area contributed by atoms with E-state index in [1.54, 1.807) is 7.05 Å². The molecule has 0 saturated carbocycles. The molecular formula is C16H30N6O2. The van der Waals surface area contributed by atoms with Gasteiger partial charge in [0, 0.05) is 45.2 Å². The number of aromatic nitrogens is 2. The Morgan fingerprint density at radius 3 is 2.67 bits per heavy atom. The first-order valence-corrected chi connectivity index (χ1v) is 8.58. The van der Waals surface area contributed by atoms with E-state index >= 15 is 0 Å². The molecule has 136 valence electrons. The minimum absolute atomic E-state index is 0.0582. The first kappa shape index (κ1) is 18.7. The Bertz CT molecular complexity index is 522. The van der Waals surface area contributed by atoms with Crippen LogP contribution in [0.15, 0.2) is 9.52 Å². The Hall–Kier alpha value is -1.67. The van der Waals surface area contributed by atoms with Gasteiger partial charge < -0.3 is 19.9 Å². The second-order valence-electron chi connectivity index (χ2n) is 6.60. The fourth-order valence-electron chi connectivity index (χ4n) is 2.69. The van der Waals surface area contributed by atoms with E-state index in [2.05, 4.69) is 44.5 Å². The largest absolute Gasteiger partial charge is 0.379 e. The number of hydrogen-bond donors (Lipinski definition) is 2. The standard InChI is InChI=1S/C16H30N6O2/c1-13-20-14(24-21-13)6-5-7-18-15(17-4)19-12-16(2,3)22-8-10-23-11-9-22/h5-12H2,1-4H3,(H2,17,18,19). The van der Waals surface area contributed by atoms with Crippen LogP contribution in [0.2, 0.25) is 0 Å². The van der Waals surface area contributed by atoms with E-state index in [0.29, 0.717) is 11.7 Å². The molecule has 0 spiro atoms. The van der Waals surface area contributed by atoms with Crippen molar-refractivity contribution in [3.05, 3.63) is 11.7 Å². The van der Waals surface area contributed by atoms with Gasteiger partial charge in [-0.05, 0) is 27.2 Å². The Balaban J connectivity index is 1.67. The van der Waals surface area contributed by atoms with Crippen LogP contribution >= 0.6 is 0 Å². The zero-order chi connectivity index (χ0) is 17.4. The van der Waals surface area contributed by atoms with Crippen molar-refractivity contribution in [1.82, 2.24) is 25.7 Å². The molecule has 1 aliphatic heterocycles. The molecule has 0 aromatic carbocycles. The summed E-state index contributed by atoms with van der Waals surface area (Å²) >= 11 is 0. The third-order valence-corrected chi connectivity index (χ3v) is 4.21. The number of ether oxygens (including phenoxy) is 1. The zero-order valence-corrected chi connectivity index (χ0v) is 15.3. The summed E-state index contributed by atoms with van der Waals surface area (Å²) in [7, 11) is 1.79. The van der Waals surface area contributed by atoms with E-state index in [1.165, 1.54) is 0 Å². The van der Waals surface area contributed by atoms with Crippen molar-refractivity contribution in [3.8, 4) is 0 Å². The molecule has 1 fully saturated rings. The quantitative estimate of drug-likeness (QED) is 0.427. The van der Waals surface area contributed by atoms with Gasteiger partial charge in [-0.15, -0.1) is 0 Å². The molecule has 2 rings (SSSR count). The highest BCUT2D eigenvalue weighted by molar-refractivity contribution is 5.79. The Kier molecular flexibility index (Phi) is 6.99. The molecular weight excluding hydrogens is 308 g/mol. The first-order valence-electron chi connectivity index (χ1n) is 8.58. The molecule has 0 amide bonds. The molecule has 8 nitrogen and oxygen atoms in total. The van der Waals surface area contributed by atoms with E-state index in [0.717, 1.165) is 58.2 Å². The number of guanidine groups is 1. The predicted octanol–water partition coefficient (Wildman–Crippen LogP) is 0.586. The lowest BCUT2D eigenvalue weighted by Gasteiger charge is -2.41. The fraction of sp³-hybridized carbons (Fsp3) is 0.812. The molecule has 8 heteroatoms. The molecule has 24 heavy (non-hydrogen) atoms. The van der Waals surface area contributed by atoms with E-state index in [-0.39, 0.29) is 5.54 Å². The summed E-state index contributed by atoms with van der Waals surface area (Å²) < 4.78 is 10.5. The van der Waals surface area contributed by atoms with Crippen LogP contribution in [0.25, 0.3) is 0 Å². The van der Waals surface area contributed by atoms with Crippen molar-refractivity contribution in [2.45, 2.75) is 39.2 Å². The van der Waals surface area contributed by atoms with Crippen molar-refractivity contribution >= 4 is 5.96 Å². The Morgan fingerprint density at radius 1 is 1.29 bits per heavy atom. The second kappa shape index (κ2) is 8.98. The maximum Gasteiger partial charge on any atom is 0.226 e. The third kappa shape index (κ3) is 5.76. The van der Waals surface area contributed by atoms with Crippen molar-refractivity contribution < 1.29 is 9.26 Å². The summed E-state index contributed by atoms with van der Waals surface area (Å²) in [6.07, 6.45) is 1.68. The lowest BCUT2D eigenvalue weighted by molar-refractivity contribution is -0.00833. The van der Waals surface area contributed by atoms with Crippen molar-refractivity contribution in [2.75, 3.05) is 46.4 Å². The molecule has 1 aromatic heterocycles. The highest BCUT2D eigenvalue weighted by Crippen LogP contribution is 2.14. The average molecular weight is 338 g/mol. The normalized spacial score (nSPS) is 17.1. The SMILES string of the molecule is CN=C(NCCCc1nc(C)no1)NCC(C)(C)N1CCOCC1. The lowest BCUT2D eigenvalue weighted by Crippen LogP contribution is -2.56. The van der Waals surface area contributed by atoms with Gasteiger partial charge in [0.2, 0.25) is 5.89 Å². The van der Waals surface area contributed by atoms with Gasteiger partial charge in [-0.25, -0.2) is 0 Å². The molecule has 0 bridgehead atoms. The maximum atomic E-state index is 5.43. The number of morpholine rings is 1. The van der Waals surface area contributed by atoms with Crippen molar-refractivity contribution in [3.63, 3.8) is 0 Å². The molecule has 1 saturated heterocycles. The van der Waals surface area contributed by atoms with E-state index < -0.39 is 0 Å². The number of aliphatic imine (C=N–C) groups is 1. The van der Waals surface area contributed by atoms with Crippen LogP contribution in [0.4, 0.5) is 0 Å². The topological polar surface area (TPSA) is 87.8 Å². The molecule has 0 radical (unpaired) electrons. The number of nitrogens with zero attached hydrogens (tertiary/aromatic N) is 4. The summed E-state index contributed by atoms with van der Waals surface area (Å²) in [5, 5.41) is 10.5. The van der Waals surface area contributed by atoms with E-state index in [1.807, 2.05) is 6.92 Å². The summed E-state index contributed by atoms with van der Waals surface area (Å²) in [4.78, 5) is 10.9. The monoisotopic (exact) mass is 338 g/mol. The highest BCUT2D eigenvalue weighted by Gasteiger charge is 2.28. The number of aryl methyl sites for hydroxylation is 2. The number of rotatable bonds is 7. The van der Waals surface area contributed by atoms with Gasteiger partial charge in [0.1, 0.15) is 0 Å². The average Bonchev–Trinajstić information content (AvgIpc) is 3.00. The minimum atomic E-state index is 0.0582. The molecule has 0 atom stereocenters. The molecule has 0 aliphatic carbocycles. The molecule has 2 heterocycles. The Labute approximate surface area is 144 Å². The van der Waals surface area contributed by atoms with Gasteiger partial charge in [0.25, 0.3) is 0 Å². The van der Waals surface area contributed by atoms with Gasteiger partial charge in [0.05, 0.1) is 13.2 Å². The van der Waals surface area contributed by atoms with Crippen LogP contribution in [-0.2, 0) is 11.2 Å².